The Balaban J connectivity index is 1.80. The van der Waals surface area contributed by atoms with Crippen LogP contribution >= 0.6 is 0 Å². The minimum absolute atomic E-state index is 0.0513. The molecule has 36 heavy (non-hydrogen) atoms. The summed E-state index contributed by atoms with van der Waals surface area (Å²) in [7, 11) is 0. The number of imidazole rings is 1. The van der Waals surface area contributed by atoms with E-state index < -0.39 is 11.8 Å². The van der Waals surface area contributed by atoms with Crippen molar-refractivity contribution in [2.45, 2.75) is 65.0 Å². The van der Waals surface area contributed by atoms with Gasteiger partial charge in [0.15, 0.2) is 5.82 Å². The van der Waals surface area contributed by atoms with Crippen molar-refractivity contribution in [2.75, 3.05) is 11.9 Å². The first-order valence-electron chi connectivity index (χ1n) is 12.6. The molecule has 0 amide bonds. The highest BCUT2D eigenvalue weighted by atomic mass is 19.3. The summed E-state index contributed by atoms with van der Waals surface area (Å²) in [6.07, 6.45) is 3.37. The van der Waals surface area contributed by atoms with Crippen molar-refractivity contribution < 1.29 is 13.2 Å². The van der Waals surface area contributed by atoms with Gasteiger partial charge in [0, 0.05) is 43.2 Å². The number of aromatic nitrogens is 3. The Kier molecular flexibility index (Phi) is 7.71. The number of halogens is 3. The van der Waals surface area contributed by atoms with E-state index in [0.29, 0.717) is 36.7 Å². The molecule has 1 aromatic carbocycles. The zero-order chi connectivity index (χ0) is 25.9. The fraction of sp³-hybridized carbons (Fsp3) is 0.429. The molecule has 0 bridgehead atoms. The number of benzene rings is 1. The van der Waals surface area contributed by atoms with Crippen LogP contribution in [0.15, 0.2) is 49.2 Å². The maximum Gasteiger partial charge on any atom is 0.251 e. The van der Waals surface area contributed by atoms with Gasteiger partial charge in [-0.2, -0.15) is 0 Å². The van der Waals surface area contributed by atoms with E-state index in [1.165, 1.54) is 12.1 Å². The number of nitrogens with zero attached hydrogens (tertiary/aromatic N) is 3. The summed E-state index contributed by atoms with van der Waals surface area (Å²) in [6, 6.07) is 10.3. The molecule has 0 spiro atoms. The maximum absolute atomic E-state index is 13.6. The normalized spacial score (nSPS) is 16.2. The number of rotatable bonds is 12. The van der Waals surface area contributed by atoms with E-state index in [-0.39, 0.29) is 18.3 Å². The van der Waals surface area contributed by atoms with Crippen molar-refractivity contribution in [3.05, 3.63) is 71.9 Å². The molecular formula is C28H34F3N5. The van der Waals surface area contributed by atoms with E-state index in [0.717, 1.165) is 35.5 Å². The molecule has 3 aromatic rings. The second-order valence-electron chi connectivity index (χ2n) is 9.75. The highest BCUT2D eigenvalue weighted by Crippen LogP contribution is 2.51. The van der Waals surface area contributed by atoms with Crippen LogP contribution in [0.3, 0.4) is 0 Å². The number of aryl methyl sites for hydroxylation is 1. The Morgan fingerprint density at radius 3 is 2.58 bits per heavy atom. The lowest BCUT2D eigenvalue weighted by Gasteiger charge is -2.19. The quantitative estimate of drug-likeness (QED) is 0.300. The highest BCUT2D eigenvalue weighted by molar-refractivity contribution is 5.75. The fourth-order valence-electron chi connectivity index (χ4n) is 4.41. The second kappa shape index (κ2) is 10.8. The van der Waals surface area contributed by atoms with Crippen LogP contribution in [-0.4, -0.2) is 33.0 Å². The summed E-state index contributed by atoms with van der Waals surface area (Å²) in [5.41, 5.74) is 3.96. The zero-order valence-corrected chi connectivity index (χ0v) is 21.1. The van der Waals surface area contributed by atoms with Crippen LogP contribution in [0, 0.1) is 11.7 Å². The fourth-order valence-corrected chi connectivity index (χ4v) is 4.41. The Morgan fingerprint density at radius 1 is 1.22 bits per heavy atom. The molecule has 2 heterocycles. The summed E-state index contributed by atoms with van der Waals surface area (Å²) in [5.74, 6) is -2.08. The van der Waals surface area contributed by atoms with Gasteiger partial charge in [-0.05, 0) is 62.9 Å². The summed E-state index contributed by atoms with van der Waals surface area (Å²) < 4.78 is 42.7. The van der Waals surface area contributed by atoms with E-state index in [4.69, 9.17) is 4.98 Å². The van der Waals surface area contributed by atoms with Crippen molar-refractivity contribution in [3.63, 3.8) is 0 Å². The molecule has 2 aromatic heterocycles. The van der Waals surface area contributed by atoms with Gasteiger partial charge >= 0.3 is 0 Å². The van der Waals surface area contributed by atoms with Crippen LogP contribution in [0.5, 0.6) is 0 Å². The van der Waals surface area contributed by atoms with E-state index in [1.54, 1.807) is 18.3 Å². The maximum atomic E-state index is 13.6. The minimum Gasteiger partial charge on any atom is -0.382 e. The molecule has 0 saturated heterocycles. The van der Waals surface area contributed by atoms with Crippen molar-refractivity contribution in [1.82, 2.24) is 19.9 Å². The van der Waals surface area contributed by atoms with Gasteiger partial charge in [-0.3, -0.25) is 4.98 Å². The van der Waals surface area contributed by atoms with Crippen molar-refractivity contribution in [1.29, 1.82) is 0 Å². The lowest BCUT2D eigenvalue weighted by atomic mass is 10.1. The van der Waals surface area contributed by atoms with Crippen LogP contribution in [0.25, 0.3) is 17.1 Å². The van der Waals surface area contributed by atoms with Crippen LogP contribution in [0.2, 0.25) is 0 Å². The molecule has 0 aliphatic heterocycles. The third-order valence-electron chi connectivity index (χ3n) is 6.33. The van der Waals surface area contributed by atoms with Crippen LogP contribution in [0.4, 0.5) is 19.0 Å². The summed E-state index contributed by atoms with van der Waals surface area (Å²) >= 11 is 0. The van der Waals surface area contributed by atoms with Crippen molar-refractivity contribution in [2.24, 2.45) is 5.92 Å². The average Bonchev–Trinajstić information content (AvgIpc) is 3.29. The SMILES string of the molecule is C=C(NC(C)C)c1c(NCCC)nc(-c2cccnc2CCC2CC2(F)F)n1Cc1ccc(F)cc1. The first kappa shape index (κ1) is 25.8. The highest BCUT2D eigenvalue weighted by Gasteiger charge is 2.55. The number of pyridine rings is 1. The lowest BCUT2D eigenvalue weighted by molar-refractivity contribution is 0.0971. The van der Waals surface area contributed by atoms with E-state index >= 15 is 0 Å². The topological polar surface area (TPSA) is 54.8 Å². The van der Waals surface area contributed by atoms with Gasteiger partial charge in [-0.1, -0.05) is 25.6 Å². The zero-order valence-electron chi connectivity index (χ0n) is 21.1. The third-order valence-corrected chi connectivity index (χ3v) is 6.33. The number of anilines is 1. The molecule has 1 fully saturated rings. The van der Waals surface area contributed by atoms with E-state index in [1.807, 2.05) is 26.0 Å². The molecular weight excluding hydrogens is 463 g/mol. The molecule has 1 aliphatic carbocycles. The van der Waals surface area contributed by atoms with Gasteiger partial charge in [0.25, 0.3) is 5.92 Å². The van der Waals surface area contributed by atoms with Crippen LogP contribution in [0.1, 0.15) is 57.0 Å². The second-order valence-corrected chi connectivity index (χ2v) is 9.75. The monoisotopic (exact) mass is 497 g/mol. The number of nitrogens with one attached hydrogen (secondary N) is 2. The van der Waals surface area contributed by atoms with Gasteiger partial charge < -0.3 is 15.2 Å². The number of hydrogen-bond donors (Lipinski definition) is 2. The predicted octanol–water partition coefficient (Wildman–Crippen LogP) is 6.51. The van der Waals surface area contributed by atoms with Crippen molar-refractivity contribution in [3.8, 4) is 11.4 Å². The molecule has 0 radical (unpaired) electrons. The Morgan fingerprint density at radius 2 is 1.94 bits per heavy atom. The first-order chi connectivity index (χ1) is 17.2. The molecule has 2 N–H and O–H groups in total. The van der Waals surface area contributed by atoms with Crippen LogP contribution in [-0.2, 0) is 13.0 Å². The Labute approximate surface area is 210 Å². The van der Waals surface area contributed by atoms with Gasteiger partial charge in [0.05, 0.1) is 11.4 Å². The standard InChI is InChI=1S/C28H34F3N5/c1-5-14-33-26-25(19(4)34-18(2)3)36(17-20-8-11-22(29)12-9-20)27(35-26)23-7-6-15-32-24(23)13-10-21-16-28(21,30)31/h6-9,11-12,15,18,21,33-34H,4-5,10,13-14,16-17H2,1-3H3. The smallest absolute Gasteiger partial charge is 0.251 e. The molecule has 8 heteroatoms. The largest absolute Gasteiger partial charge is 0.382 e. The van der Waals surface area contributed by atoms with Gasteiger partial charge in [0.2, 0.25) is 0 Å². The summed E-state index contributed by atoms with van der Waals surface area (Å²) in [5, 5.41) is 6.81. The van der Waals surface area contributed by atoms with E-state index in [2.05, 4.69) is 33.7 Å². The number of hydrogen-bond acceptors (Lipinski definition) is 4. The lowest BCUT2D eigenvalue weighted by Crippen LogP contribution is -2.23. The molecule has 4 rings (SSSR count). The van der Waals surface area contributed by atoms with Gasteiger partial charge in [-0.25, -0.2) is 18.2 Å². The third kappa shape index (κ3) is 5.91. The summed E-state index contributed by atoms with van der Waals surface area (Å²) in [4.78, 5) is 9.53. The molecule has 1 atom stereocenters. The average molecular weight is 498 g/mol. The summed E-state index contributed by atoms with van der Waals surface area (Å²) in [6.45, 7) is 11.6. The number of alkyl halides is 2. The molecule has 1 unspecified atom stereocenters. The van der Waals surface area contributed by atoms with Gasteiger partial charge in [0.1, 0.15) is 17.3 Å². The minimum atomic E-state index is -2.55. The Hall–Kier alpha value is -3.29. The van der Waals surface area contributed by atoms with Gasteiger partial charge in [-0.15, -0.1) is 0 Å². The Bertz CT molecular complexity index is 1200. The molecule has 1 saturated carbocycles. The predicted molar refractivity (Wildman–Crippen MR) is 138 cm³/mol. The molecule has 192 valence electrons. The molecule has 5 nitrogen and oxygen atoms in total. The van der Waals surface area contributed by atoms with Crippen molar-refractivity contribution >= 4 is 11.5 Å². The van der Waals surface area contributed by atoms with Crippen LogP contribution < -0.4 is 10.6 Å². The van der Waals surface area contributed by atoms with E-state index in [9.17, 15) is 13.2 Å². The molecule has 1 aliphatic rings. The first-order valence-corrected chi connectivity index (χ1v) is 12.6.